The molecule has 170 valence electrons. The van der Waals surface area contributed by atoms with E-state index >= 15 is 0 Å². The Labute approximate surface area is 203 Å². The van der Waals surface area contributed by atoms with E-state index in [2.05, 4.69) is 15.5 Å². The van der Waals surface area contributed by atoms with Gasteiger partial charge in [0.2, 0.25) is 15.9 Å². The average molecular weight is 520 g/mol. The number of amides is 1. The van der Waals surface area contributed by atoms with Crippen LogP contribution >= 0.6 is 34.7 Å². The summed E-state index contributed by atoms with van der Waals surface area (Å²) in [6.45, 7) is 0. The van der Waals surface area contributed by atoms with Crippen LogP contribution in [0.2, 0.25) is 5.02 Å². The topological polar surface area (TPSA) is 120 Å². The summed E-state index contributed by atoms with van der Waals surface area (Å²) in [7, 11) is -3.79. The molecule has 0 saturated carbocycles. The SMILES string of the molecule is NS(=O)(=O)c1ccc(NC(=O)CSc2nnc(Cc3cccs3)n2-c2ccc(Cl)cc2)cc1. The number of nitrogens with zero attached hydrogens (tertiary/aromatic N) is 3. The van der Waals surface area contributed by atoms with Crippen LogP contribution in [-0.2, 0) is 21.2 Å². The van der Waals surface area contributed by atoms with Crippen LogP contribution < -0.4 is 10.5 Å². The molecule has 2 heterocycles. The fraction of sp³-hybridized carbons (Fsp3) is 0.0952. The van der Waals surface area contributed by atoms with Crippen LogP contribution in [0.3, 0.4) is 0 Å². The van der Waals surface area contributed by atoms with Gasteiger partial charge in [0.15, 0.2) is 5.16 Å². The number of hydrogen-bond acceptors (Lipinski definition) is 7. The van der Waals surface area contributed by atoms with Crippen molar-refractivity contribution in [3.63, 3.8) is 0 Å². The quantitative estimate of drug-likeness (QED) is 0.340. The third-order valence-corrected chi connectivity index (χ3v) is 7.48. The molecule has 0 spiro atoms. The number of nitrogens with one attached hydrogen (secondary N) is 1. The van der Waals surface area contributed by atoms with E-state index in [1.807, 2.05) is 34.2 Å². The Morgan fingerprint density at radius 1 is 1.09 bits per heavy atom. The lowest BCUT2D eigenvalue weighted by Crippen LogP contribution is -2.15. The highest BCUT2D eigenvalue weighted by molar-refractivity contribution is 7.99. The summed E-state index contributed by atoms with van der Waals surface area (Å²) in [4.78, 5) is 13.6. The van der Waals surface area contributed by atoms with Gasteiger partial charge in [-0.25, -0.2) is 13.6 Å². The summed E-state index contributed by atoms with van der Waals surface area (Å²) in [6, 6.07) is 17.0. The van der Waals surface area contributed by atoms with Crippen LogP contribution in [0.4, 0.5) is 5.69 Å². The molecule has 0 fully saturated rings. The van der Waals surface area contributed by atoms with Crippen molar-refractivity contribution in [1.29, 1.82) is 0 Å². The van der Waals surface area contributed by atoms with Crippen LogP contribution in [0.1, 0.15) is 10.7 Å². The molecular weight excluding hydrogens is 502 g/mol. The molecule has 33 heavy (non-hydrogen) atoms. The predicted octanol–water partition coefficient (Wildman–Crippen LogP) is 3.95. The van der Waals surface area contributed by atoms with Crippen molar-refractivity contribution in [2.24, 2.45) is 5.14 Å². The van der Waals surface area contributed by atoms with Gasteiger partial charge in [-0.15, -0.1) is 21.5 Å². The van der Waals surface area contributed by atoms with Gasteiger partial charge in [-0.2, -0.15) is 0 Å². The number of thiophene rings is 1. The molecule has 1 amide bonds. The lowest BCUT2D eigenvalue weighted by atomic mass is 10.3. The van der Waals surface area contributed by atoms with Gasteiger partial charge in [0, 0.05) is 27.7 Å². The molecule has 8 nitrogen and oxygen atoms in total. The van der Waals surface area contributed by atoms with E-state index in [9.17, 15) is 13.2 Å². The number of sulfonamides is 1. The molecule has 12 heteroatoms. The standard InChI is InChI=1S/C21H18ClN5O3S3/c22-14-3-7-16(8-4-14)27-19(12-17-2-1-11-31-17)25-26-21(27)32-13-20(28)24-15-5-9-18(10-6-15)33(23,29)30/h1-11H,12-13H2,(H,24,28)(H2,23,29,30). The van der Waals surface area contributed by atoms with Gasteiger partial charge in [-0.1, -0.05) is 29.4 Å². The lowest BCUT2D eigenvalue weighted by Gasteiger charge is -2.10. The molecule has 4 aromatic rings. The minimum atomic E-state index is -3.79. The van der Waals surface area contributed by atoms with Gasteiger partial charge in [0.25, 0.3) is 0 Å². The second-order valence-electron chi connectivity index (χ2n) is 6.87. The highest BCUT2D eigenvalue weighted by Crippen LogP contribution is 2.26. The number of carbonyl (C=O) groups excluding carboxylic acids is 1. The third kappa shape index (κ3) is 6.01. The minimum Gasteiger partial charge on any atom is -0.325 e. The molecule has 4 rings (SSSR count). The summed E-state index contributed by atoms with van der Waals surface area (Å²) in [6.07, 6.45) is 0.608. The first-order valence-corrected chi connectivity index (χ1v) is 13.4. The number of benzene rings is 2. The maximum atomic E-state index is 12.5. The summed E-state index contributed by atoms with van der Waals surface area (Å²) < 4.78 is 24.6. The monoisotopic (exact) mass is 519 g/mol. The number of hydrogen-bond donors (Lipinski definition) is 2. The first kappa shape index (κ1) is 23.5. The number of primary sulfonamides is 1. The summed E-state index contributed by atoms with van der Waals surface area (Å²) >= 11 is 8.93. The van der Waals surface area contributed by atoms with Crippen molar-refractivity contribution in [3.05, 3.63) is 81.8 Å². The zero-order valence-corrected chi connectivity index (χ0v) is 20.2. The van der Waals surface area contributed by atoms with Gasteiger partial charge in [0.05, 0.1) is 10.6 Å². The number of anilines is 1. The molecule has 0 aliphatic carbocycles. The van der Waals surface area contributed by atoms with Crippen LogP contribution in [0.15, 0.2) is 76.1 Å². The zero-order chi connectivity index (χ0) is 23.4. The minimum absolute atomic E-state index is 0.0239. The number of carbonyl (C=O) groups is 1. The van der Waals surface area contributed by atoms with Gasteiger partial charge in [-0.05, 0) is 60.0 Å². The maximum absolute atomic E-state index is 12.5. The van der Waals surface area contributed by atoms with E-state index in [-0.39, 0.29) is 16.6 Å². The Balaban J connectivity index is 1.49. The summed E-state index contributed by atoms with van der Waals surface area (Å²) in [5.41, 5.74) is 1.31. The van der Waals surface area contributed by atoms with E-state index in [0.29, 0.717) is 22.3 Å². The molecule has 0 atom stereocenters. The summed E-state index contributed by atoms with van der Waals surface area (Å²) in [5.74, 6) is 0.567. The summed E-state index contributed by atoms with van der Waals surface area (Å²) in [5, 5.41) is 19.7. The first-order chi connectivity index (χ1) is 15.8. The molecule has 0 aliphatic rings. The largest absolute Gasteiger partial charge is 0.325 e. The second kappa shape index (κ2) is 10.1. The normalized spacial score (nSPS) is 11.5. The van der Waals surface area contributed by atoms with Crippen LogP contribution in [0.5, 0.6) is 0 Å². The number of halogens is 1. The van der Waals surface area contributed by atoms with E-state index in [4.69, 9.17) is 16.7 Å². The highest BCUT2D eigenvalue weighted by Gasteiger charge is 2.17. The van der Waals surface area contributed by atoms with Crippen molar-refractivity contribution >= 4 is 56.3 Å². The molecule has 2 aromatic carbocycles. The Kier molecular flexibility index (Phi) is 7.15. The molecule has 3 N–H and O–H groups in total. The van der Waals surface area contributed by atoms with E-state index < -0.39 is 10.0 Å². The number of rotatable bonds is 8. The fourth-order valence-corrected chi connectivity index (χ4v) is 5.10. The molecule has 0 unspecified atom stereocenters. The molecule has 0 saturated heterocycles. The van der Waals surface area contributed by atoms with Crippen LogP contribution in [0.25, 0.3) is 5.69 Å². The molecular formula is C21H18ClN5O3S3. The Hall–Kier alpha value is -2.70. The third-order valence-electron chi connectivity index (χ3n) is 4.50. The lowest BCUT2D eigenvalue weighted by molar-refractivity contribution is -0.113. The smallest absolute Gasteiger partial charge is 0.238 e. The van der Waals surface area contributed by atoms with Crippen molar-refractivity contribution in [2.75, 3.05) is 11.1 Å². The van der Waals surface area contributed by atoms with E-state index in [1.165, 1.54) is 36.0 Å². The molecule has 0 radical (unpaired) electrons. The Morgan fingerprint density at radius 2 is 1.82 bits per heavy atom. The average Bonchev–Trinajstić information content (AvgIpc) is 3.43. The Morgan fingerprint density at radius 3 is 2.45 bits per heavy atom. The molecule has 0 aliphatic heterocycles. The van der Waals surface area contributed by atoms with Gasteiger partial charge in [-0.3, -0.25) is 9.36 Å². The number of aromatic nitrogens is 3. The van der Waals surface area contributed by atoms with Crippen molar-refractivity contribution < 1.29 is 13.2 Å². The predicted molar refractivity (Wildman–Crippen MR) is 131 cm³/mol. The van der Waals surface area contributed by atoms with E-state index in [0.717, 1.165) is 16.4 Å². The van der Waals surface area contributed by atoms with Gasteiger partial charge in [0.1, 0.15) is 5.82 Å². The molecule has 2 aromatic heterocycles. The van der Waals surface area contributed by atoms with Crippen molar-refractivity contribution in [2.45, 2.75) is 16.5 Å². The van der Waals surface area contributed by atoms with Crippen molar-refractivity contribution in [3.8, 4) is 5.69 Å². The second-order valence-corrected chi connectivity index (χ2v) is 10.8. The van der Waals surface area contributed by atoms with Crippen molar-refractivity contribution in [1.82, 2.24) is 14.8 Å². The first-order valence-electron chi connectivity index (χ1n) is 9.58. The molecule has 0 bridgehead atoms. The highest BCUT2D eigenvalue weighted by atomic mass is 35.5. The zero-order valence-electron chi connectivity index (χ0n) is 17.0. The fourth-order valence-electron chi connectivity index (χ4n) is 2.98. The van der Waals surface area contributed by atoms with Gasteiger partial charge >= 0.3 is 0 Å². The number of nitrogens with two attached hydrogens (primary N) is 1. The van der Waals surface area contributed by atoms with Gasteiger partial charge < -0.3 is 5.32 Å². The van der Waals surface area contributed by atoms with Crippen LogP contribution in [0, 0.1) is 0 Å². The maximum Gasteiger partial charge on any atom is 0.238 e. The van der Waals surface area contributed by atoms with E-state index in [1.54, 1.807) is 23.5 Å². The Bertz CT molecular complexity index is 1350. The van der Waals surface area contributed by atoms with Crippen LogP contribution in [-0.4, -0.2) is 34.8 Å². The number of thioether (sulfide) groups is 1.